The number of thioether (sulfide) groups is 1. The minimum atomic E-state index is 0. The Bertz CT molecular complexity index is 519. The molecule has 0 spiro atoms. The number of anilines is 1. The van der Waals surface area contributed by atoms with Gasteiger partial charge in [-0.05, 0) is 50.0 Å². The average Bonchev–Trinajstić information content (AvgIpc) is 3.30. The molecule has 2 heterocycles. The van der Waals surface area contributed by atoms with Crippen LogP contribution in [0.3, 0.4) is 0 Å². The number of halogens is 1. The van der Waals surface area contributed by atoms with Crippen molar-refractivity contribution < 1.29 is 0 Å². The van der Waals surface area contributed by atoms with Gasteiger partial charge in [-0.3, -0.25) is 4.99 Å². The topological polar surface area (TPSA) is 39.7 Å². The predicted molar refractivity (Wildman–Crippen MR) is 122 cm³/mol. The Labute approximate surface area is 173 Å². The Morgan fingerprint density at radius 2 is 2.08 bits per heavy atom. The van der Waals surface area contributed by atoms with E-state index in [1.54, 1.807) is 0 Å². The first-order valence-electron chi connectivity index (χ1n) is 9.29. The summed E-state index contributed by atoms with van der Waals surface area (Å²) in [7, 11) is 0. The average molecular weight is 474 g/mol. The highest BCUT2D eigenvalue weighted by Gasteiger charge is 2.22. The summed E-state index contributed by atoms with van der Waals surface area (Å²) in [5, 5.41) is 7.68. The van der Waals surface area contributed by atoms with Crippen LogP contribution in [-0.2, 0) is 0 Å². The lowest BCUT2D eigenvalue weighted by Gasteiger charge is -2.18. The quantitative estimate of drug-likeness (QED) is 0.376. The van der Waals surface area contributed by atoms with Crippen LogP contribution in [0.15, 0.2) is 35.3 Å². The van der Waals surface area contributed by atoms with Crippen molar-refractivity contribution in [1.29, 1.82) is 0 Å². The number of rotatable bonds is 6. The third kappa shape index (κ3) is 6.55. The highest BCUT2D eigenvalue weighted by atomic mass is 127. The van der Waals surface area contributed by atoms with Gasteiger partial charge in [-0.25, -0.2) is 0 Å². The minimum Gasteiger partial charge on any atom is -0.371 e. The zero-order valence-electron chi connectivity index (χ0n) is 15.1. The Balaban J connectivity index is 0.00000225. The zero-order valence-corrected chi connectivity index (χ0v) is 18.3. The van der Waals surface area contributed by atoms with Crippen molar-refractivity contribution in [2.75, 3.05) is 43.4 Å². The number of benzene rings is 1. The number of hydrogen-bond donors (Lipinski definition) is 2. The largest absolute Gasteiger partial charge is 0.371 e. The van der Waals surface area contributed by atoms with Gasteiger partial charge in [0.15, 0.2) is 5.96 Å². The molecule has 2 fully saturated rings. The fourth-order valence-electron chi connectivity index (χ4n) is 3.43. The second-order valence-corrected chi connectivity index (χ2v) is 8.08. The van der Waals surface area contributed by atoms with Gasteiger partial charge in [-0.2, -0.15) is 11.8 Å². The van der Waals surface area contributed by atoms with Gasteiger partial charge < -0.3 is 15.5 Å². The van der Waals surface area contributed by atoms with Crippen LogP contribution in [0.25, 0.3) is 0 Å². The van der Waals surface area contributed by atoms with Gasteiger partial charge in [0.25, 0.3) is 0 Å². The van der Waals surface area contributed by atoms with Gasteiger partial charge in [-0.1, -0.05) is 18.2 Å². The Kier molecular flexibility index (Phi) is 9.23. The van der Waals surface area contributed by atoms with Gasteiger partial charge in [0.1, 0.15) is 0 Å². The van der Waals surface area contributed by atoms with Crippen molar-refractivity contribution in [2.24, 2.45) is 10.9 Å². The molecule has 0 aliphatic carbocycles. The number of hydrogen-bond acceptors (Lipinski definition) is 3. The summed E-state index contributed by atoms with van der Waals surface area (Å²) in [4.78, 5) is 7.32. The van der Waals surface area contributed by atoms with Crippen LogP contribution in [0.5, 0.6) is 0 Å². The maximum Gasteiger partial charge on any atom is 0.191 e. The molecule has 0 bridgehead atoms. The van der Waals surface area contributed by atoms with Crippen molar-refractivity contribution in [3.8, 4) is 0 Å². The molecular weight excluding hydrogens is 443 g/mol. The van der Waals surface area contributed by atoms with Gasteiger partial charge in [0, 0.05) is 43.7 Å². The van der Waals surface area contributed by atoms with Crippen LogP contribution in [0.1, 0.15) is 26.2 Å². The molecule has 0 aromatic heterocycles. The summed E-state index contributed by atoms with van der Waals surface area (Å²) >= 11 is 2.09. The molecule has 140 valence electrons. The van der Waals surface area contributed by atoms with Crippen molar-refractivity contribution in [3.05, 3.63) is 30.3 Å². The van der Waals surface area contributed by atoms with E-state index >= 15 is 0 Å². The number of para-hydroxylation sites is 1. The second-order valence-electron chi connectivity index (χ2n) is 6.67. The summed E-state index contributed by atoms with van der Waals surface area (Å²) in [6, 6.07) is 10.7. The van der Waals surface area contributed by atoms with Gasteiger partial charge in [0.05, 0.1) is 0 Å². The molecule has 2 atom stereocenters. The van der Waals surface area contributed by atoms with E-state index < -0.39 is 0 Å². The molecular formula is C19H31IN4S. The Morgan fingerprint density at radius 1 is 1.24 bits per heavy atom. The predicted octanol–water partition coefficient (Wildman–Crippen LogP) is 3.58. The molecule has 1 aromatic carbocycles. The highest BCUT2D eigenvalue weighted by molar-refractivity contribution is 14.0. The lowest BCUT2D eigenvalue weighted by atomic mass is 10.1. The van der Waals surface area contributed by atoms with E-state index in [1.165, 1.54) is 30.7 Å². The molecule has 0 amide bonds. The number of nitrogens with zero attached hydrogens (tertiary/aromatic N) is 2. The van der Waals surface area contributed by atoms with Crippen LogP contribution >= 0.6 is 35.7 Å². The Hall–Kier alpha value is -0.630. The van der Waals surface area contributed by atoms with Gasteiger partial charge in [0.2, 0.25) is 0 Å². The molecule has 25 heavy (non-hydrogen) atoms. The molecule has 4 nitrogen and oxygen atoms in total. The van der Waals surface area contributed by atoms with Crippen molar-refractivity contribution in [3.63, 3.8) is 0 Å². The van der Waals surface area contributed by atoms with Crippen LogP contribution in [0.4, 0.5) is 5.69 Å². The van der Waals surface area contributed by atoms with E-state index in [9.17, 15) is 0 Å². The SMILES string of the molecule is CCNC(=NCC1CCN(c2ccccc2)C1)NCC1CCCS1.I. The lowest BCUT2D eigenvalue weighted by molar-refractivity contribution is 0.598. The maximum absolute atomic E-state index is 4.84. The normalized spacial score (nSPS) is 23.4. The first-order chi connectivity index (χ1) is 11.8. The number of aliphatic imine (C=N–C) groups is 1. The smallest absolute Gasteiger partial charge is 0.191 e. The summed E-state index contributed by atoms with van der Waals surface area (Å²) in [6.45, 7) is 7.27. The van der Waals surface area contributed by atoms with Crippen molar-refractivity contribution in [1.82, 2.24) is 10.6 Å². The molecule has 1 aromatic rings. The molecule has 2 N–H and O–H groups in total. The summed E-state index contributed by atoms with van der Waals surface area (Å²) in [6.07, 6.45) is 3.93. The fraction of sp³-hybridized carbons (Fsp3) is 0.632. The standard InChI is InChI=1S/C19H30N4S.HI/c1-2-20-19(22-14-18-9-6-12-24-18)21-13-16-10-11-23(15-16)17-7-4-3-5-8-17;/h3-5,7-8,16,18H,2,6,9-15H2,1H3,(H2,20,21,22);1H. The molecule has 0 radical (unpaired) electrons. The number of nitrogens with one attached hydrogen (secondary N) is 2. The van der Waals surface area contributed by atoms with E-state index in [2.05, 4.69) is 64.6 Å². The Morgan fingerprint density at radius 3 is 2.80 bits per heavy atom. The third-order valence-electron chi connectivity index (χ3n) is 4.78. The van der Waals surface area contributed by atoms with E-state index in [4.69, 9.17) is 4.99 Å². The summed E-state index contributed by atoms with van der Waals surface area (Å²) in [5.74, 6) is 2.96. The zero-order chi connectivity index (χ0) is 16.6. The molecule has 0 saturated carbocycles. The van der Waals surface area contributed by atoms with Crippen LogP contribution in [0.2, 0.25) is 0 Å². The monoisotopic (exact) mass is 474 g/mol. The first-order valence-corrected chi connectivity index (χ1v) is 10.3. The van der Waals surface area contributed by atoms with E-state index in [-0.39, 0.29) is 24.0 Å². The lowest BCUT2D eigenvalue weighted by Crippen LogP contribution is -2.40. The van der Waals surface area contributed by atoms with Crippen molar-refractivity contribution in [2.45, 2.75) is 31.4 Å². The van der Waals surface area contributed by atoms with Gasteiger partial charge >= 0.3 is 0 Å². The van der Waals surface area contributed by atoms with E-state index in [0.717, 1.165) is 43.9 Å². The maximum atomic E-state index is 4.84. The van der Waals surface area contributed by atoms with Crippen LogP contribution < -0.4 is 15.5 Å². The third-order valence-corrected chi connectivity index (χ3v) is 6.18. The molecule has 6 heteroatoms. The summed E-state index contributed by atoms with van der Waals surface area (Å²) < 4.78 is 0. The van der Waals surface area contributed by atoms with E-state index in [1.807, 2.05) is 0 Å². The number of guanidine groups is 1. The summed E-state index contributed by atoms with van der Waals surface area (Å²) in [5.41, 5.74) is 1.34. The molecule has 2 unspecified atom stereocenters. The van der Waals surface area contributed by atoms with Crippen LogP contribution in [-0.4, -0.2) is 49.7 Å². The minimum absolute atomic E-state index is 0. The molecule has 3 rings (SSSR count). The van der Waals surface area contributed by atoms with Crippen molar-refractivity contribution >= 4 is 47.4 Å². The van der Waals surface area contributed by atoms with Crippen LogP contribution in [0, 0.1) is 5.92 Å². The second kappa shape index (κ2) is 11.2. The molecule has 2 saturated heterocycles. The van der Waals surface area contributed by atoms with E-state index in [0.29, 0.717) is 5.92 Å². The van der Waals surface area contributed by atoms with Gasteiger partial charge in [-0.15, -0.1) is 24.0 Å². The molecule has 2 aliphatic rings. The first kappa shape index (κ1) is 20.7. The highest BCUT2D eigenvalue weighted by Crippen LogP contribution is 2.25. The molecule has 2 aliphatic heterocycles. The fourth-order valence-corrected chi connectivity index (χ4v) is 4.63.